The van der Waals surface area contributed by atoms with Gasteiger partial charge in [0, 0.05) is 30.3 Å². The van der Waals surface area contributed by atoms with Crippen LogP contribution in [0.25, 0.3) is 0 Å². The van der Waals surface area contributed by atoms with Gasteiger partial charge in [-0.3, -0.25) is 19.4 Å². The van der Waals surface area contributed by atoms with Crippen molar-refractivity contribution in [2.24, 2.45) is 0 Å². The summed E-state index contributed by atoms with van der Waals surface area (Å²) in [7, 11) is 0. The lowest BCUT2D eigenvalue weighted by atomic mass is 10.1. The molecule has 0 bridgehead atoms. The molecule has 1 aromatic heterocycles. The van der Waals surface area contributed by atoms with Gasteiger partial charge in [0.15, 0.2) is 5.82 Å². The number of nitrogens with one attached hydrogen (secondary N) is 4. The number of rotatable bonds is 10. The van der Waals surface area contributed by atoms with Crippen molar-refractivity contribution in [3.8, 4) is 0 Å². The molecule has 2 aromatic rings. The van der Waals surface area contributed by atoms with Crippen LogP contribution in [0.15, 0.2) is 29.1 Å². The van der Waals surface area contributed by atoms with Gasteiger partial charge in [-0.25, -0.2) is 0 Å². The van der Waals surface area contributed by atoms with Crippen molar-refractivity contribution in [3.63, 3.8) is 0 Å². The third kappa shape index (κ3) is 5.79. The smallest absolute Gasteiger partial charge is 0.277 e. The summed E-state index contributed by atoms with van der Waals surface area (Å²) in [6.07, 6.45) is -0.357. The molecule has 14 nitrogen and oxygen atoms in total. The fourth-order valence-electron chi connectivity index (χ4n) is 3.34. The topological polar surface area (TPSA) is 225 Å². The molecule has 0 fully saturated rings. The number of anilines is 4. The van der Waals surface area contributed by atoms with E-state index in [0.717, 1.165) is 0 Å². The number of carboxylic acid groups (broad SMARTS) is 2. The van der Waals surface area contributed by atoms with E-state index in [4.69, 9.17) is 5.73 Å². The van der Waals surface area contributed by atoms with Crippen molar-refractivity contribution in [1.82, 2.24) is 15.3 Å². The average molecular weight is 471 g/mol. The van der Waals surface area contributed by atoms with Crippen molar-refractivity contribution in [2.45, 2.75) is 24.9 Å². The number of nitrogens with two attached hydrogens (primary N) is 1. The van der Waals surface area contributed by atoms with Gasteiger partial charge in [0.2, 0.25) is 12.4 Å². The molecule has 0 spiro atoms. The summed E-state index contributed by atoms with van der Waals surface area (Å²) in [6, 6.07) is 3.88. The van der Waals surface area contributed by atoms with E-state index in [0.29, 0.717) is 24.5 Å². The maximum atomic E-state index is 12.3. The number of benzene rings is 1. The third-order valence-electron chi connectivity index (χ3n) is 5.03. The highest BCUT2D eigenvalue weighted by Gasteiger charge is 2.24. The summed E-state index contributed by atoms with van der Waals surface area (Å²) in [5, 5.41) is 29.9. The molecule has 2 amide bonds. The number of H-pyrrole nitrogens is 1. The molecule has 0 saturated carbocycles. The van der Waals surface area contributed by atoms with E-state index in [-0.39, 0.29) is 36.2 Å². The molecule has 2 atom stereocenters. The van der Waals surface area contributed by atoms with Crippen LogP contribution in [0, 0.1) is 0 Å². The third-order valence-corrected chi connectivity index (χ3v) is 5.03. The molecule has 0 aliphatic carbocycles. The van der Waals surface area contributed by atoms with Gasteiger partial charge in [-0.05, 0) is 37.1 Å². The van der Waals surface area contributed by atoms with Crippen LogP contribution in [0.5, 0.6) is 0 Å². The highest BCUT2D eigenvalue weighted by Crippen LogP contribution is 2.21. The number of carboxylic acids is 2. The van der Waals surface area contributed by atoms with Crippen molar-refractivity contribution in [1.29, 1.82) is 0 Å². The van der Waals surface area contributed by atoms with E-state index in [1.807, 2.05) is 0 Å². The van der Waals surface area contributed by atoms with Crippen molar-refractivity contribution >= 4 is 47.4 Å². The quantitative estimate of drug-likeness (QED) is 0.215. The Morgan fingerprint density at radius 1 is 1.26 bits per heavy atom. The first-order valence-electron chi connectivity index (χ1n) is 10.1. The summed E-state index contributed by atoms with van der Waals surface area (Å²) in [5.41, 5.74) is 5.80. The number of carbonyl (C=O) groups is 4. The number of aromatic amines is 1. The minimum atomic E-state index is -1.62. The normalized spacial score (nSPS) is 15.1. The summed E-state index contributed by atoms with van der Waals surface area (Å²) in [6.45, 7) is 0.519. The maximum Gasteiger partial charge on any atom is 0.277 e. The van der Waals surface area contributed by atoms with Crippen LogP contribution >= 0.6 is 0 Å². The van der Waals surface area contributed by atoms with Crippen LogP contribution in [-0.2, 0) is 14.4 Å². The summed E-state index contributed by atoms with van der Waals surface area (Å²) in [4.78, 5) is 65.5. The monoisotopic (exact) mass is 471 g/mol. The minimum Gasteiger partial charge on any atom is -0.550 e. The van der Waals surface area contributed by atoms with Gasteiger partial charge >= 0.3 is 0 Å². The number of nitrogen functional groups attached to an aromatic ring is 1. The van der Waals surface area contributed by atoms with Crippen LogP contribution in [0.4, 0.5) is 23.1 Å². The Morgan fingerprint density at radius 3 is 2.59 bits per heavy atom. The Hall–Kier alpha value is -4.62. The number of hydrogen-bond acceptors (Lipinski definition) is 11. The molecule has 6 N–H and O–H groups in total. The highest BCUT2D eigenvalue weighted by molar-refractivity contribution is 5.97. The van der Waals surface area contributed by atoms with E-state index in [9.17, 15) is 34.2 Å². The summed E-state index contributed by atoms with van der Waals surface area (Å²) in [5.74, 6) is -3.54. The molecule has 0 saturated heterocycles. The highest BCUT2D eigenvalue weighted by atomic mass is 16.4. The number of fused-ring (bicyclic) bond motifs is 1. The lowest BCUT2D eigenvalue weighted by molar-refractivity contribution is -0.309. The molecule has 0 unspecified atom stereocenters. The van der Waals surface area contributed by atoms with Crippen molar-refractivity contribution in [3.05, 3.63) is 40.2 Å². The molecule has 0 radical (unpaired) electrons. The lowest BCUT2D eigenvalue weighted by Gasteiger charge is -2.30. The standard InChI is InChI=1S/C20H23N7O7/c21-20-25-16-15(18(32)26-20)23-11(7-22-16)8-27(9-28)12-3-1-10(2-4-12)17(31)24-13(19(33)34)5-6-14(29)30/h1-4,9,11,13,23H,5-8H2,(H,24,31)(H,29,30)(H,33,34)(H4,21,22,25,26,32)/p-2/t11-,13+/m1/s1. The zero-order chi connectivity index (χ0) is 24.8. The van der Waals surface area contributed by atoms with Crippen molar-refractivity contribution in [2.75, 3.05) is 34.4 Å². The van der Waals surface area contributed by atoms with Gasteiger partial charge in [0.05, 0.1) is 18.1 Å². The molecule has 2 heterocycles. The van der Waals surface area contributed by atoms with Gasteiger partial charge in [0.25, 0.3) is 11.5 Å². The second-order valence-electron chi connectivity index (χ2n) is 7.46. The second-order valence-corrected chi connectivity index (χ2v) is 7.46. The largest absolute Gasteiger partial charge is 0.550 e. The fourth-order valence-corrected chi connectivity index (χ4v) is 3.34. The molecule has 1 aliphatic rings. The summed E-state index contributed by atoms with van der Waals surface area (Å²) >= 11 is 0. The van der Waals surface area contributed by atoms with Gasteiger partial charge in [-0.15, -0.1) is 0 Å². The first kappa shape index (κ1) is 24.0. The Kier molecular flexibility index (Phi) is 7.30. The Bertz CT molecular complexity index is 1150. The minimum absolute atomic E-state index is 0.0278. The van der Waals surface area contributed by atoms with Crippen LogP contribution in [0.3, 0.4) is 0 Å². The van der Waals surface area contributed by atoms with Gasteiger partial charge in [-0.1, -0.05) is 0 Å². The first-order chi connectivity index (χ1) is 16.2. The first-order valence-corrected chi connectivity index (χ1v) is 10.1. The number of aliphatic carboxylic acids is 2. The molecule has 1 aliphatic heterocycles. The SMILES string of the molecule is Nc1nc2c(c(=O)[nH]1)N[C@@H](CN(C=O)c1ccc(C(=O)N[C@@H](CCC(=O)[O-])C(=O)[O-])cc1)CN2. The van der Waals surface area contributed by atoms with Gasteiger partial charge in [-0.2, -0.15) is 4.98 Å². The molecular weight excluding hydrogens is 450 g/mol. The van der Waals surface area contributed by atoms with Gasteiger partial charge in [0.1, 0.15) is 5.69 Å². The van der Waals surface area contributed by atoms with Gasteiger partial charge < -0.3 is 46.4 Å². The zero-order valence-corrected chi connectivity index (χ0v) is 17.7. The molecule has 3 rings (SSSR count). The second kappa shape index (κ2) is 10.3. The fraction of sp³-hybridized carbons (Fsp3) is 0.300. The Morgan fingerprint density at radius 2 is 1.97 bits per heavy atom. The molecule has 14 heteroatoms. The Labute approximate surface area is 192 Å². The predicted molar refractivity (Wildman–Crippen MR) is 116 cm³/mol. The molecule has 34 heavy (non-hydrogen) atoms. The van der Waals surface area contributed by atoms with Crippen LogP contribution in [0.1, 0.15) is 23.2 Å². The van der Waals surface area contributed by atoms with E-state index in [1.54, 1.807) is 0 Å². The number of nitrogens with zero attached hydrogens (tertiary/aromatic N) is 2. The van der Waals surface area contributed by atoms with Crippen LogP contribution in [-0.4, -0.2) is 59.4 Å². The zero-order valence-electron chi connectivity index (χ0n) is 17.7. The molecule has 1 aromatic carbocycles. The Balaban J connectivity index is 1.65. The number of amides is 2. The number of aromatic nitrogens is 2. The van der Waals surface area contributed by atoms with E-state index >= 15 is 0 Å². The number of carbonyl (C=O) groups excluding carboxylic acids is 4. The van der Waals surface area contributed by atoms with E-state index < -0.39 is 35.9 Å². The molecule has 180 valence electrons. The van der Waals surface area contributed by atoms with Crippen molar-refractivity contribution < 1.29 is 29.4 Å². The van der Waals surface area contributed by atoms with E-state index in [2.05, 4.69) is 25.9 Å². The summed E-state index contributed by atoms with van der Waals surface area (Å²) < 4.78 is 0. The van der Waals surface area contributed by atoms with Crippen LogP contribution < -0.4 is 42.4 Å². The molecular formula is C20H21N7O7-2. The maximum absolute atomic E-state index is 12.3. The van der Waals surface area contributed by atoms with Crippen LogP contribution in [0.2, 0.25) is 0 Å². The lowest BCUT2D eigenvalue weighted by Crippen LogP contribution is -2.48. The predicted octanol–water partition coefficient (Wildman–Crippen LogP) is -3.40. The number of hydrogen-bond donors (Lipinski definition) is 5. The van der Waals surface area contributed by atoms with E-state index in [1.165, 1.54) is 29.2 Å². The average Bonchev–Trinajstić information content (AvgIpc) is 2.80.